The molecule has 0 spiro atoms. The van der Waals surface area contributed by atoms with Gasteiger partial charge in [0.15, 0.2) is 0 Å². The van der Waals surface area contributed by atoms with E-state index >= 15 is 8.42 Å². The molecule has 0 radical (unpaired) electrons. The van der Waals surface area contributed by atoms with E-state index in [1.54, 1.807) is 34.8 Å². The highest BCUT2D eigenvalue weighted by molar-refractivity contribution is 7.89. The van der Waals surface area contributed by atoms with Crippen LogP contribution in [0.25, 0.3) is 21.7 Å². The van der Waals surface area contributed by atoms with Gasteiger partial charge in [-0.25, -0.2) is 8.42 Å². The molecule has 1 saturated carbocycles. The van der Waals surface area contributed by atoms with E-state index in [0.29, 0.717) is 53.1 Å². The fourth-order valence-corrected chi connectivity index (χ4v) is 12.8. The summed E-state index contributed by atoms with van der Waals surface area (Å²) in [4.78, 5) is 11.0. The van der Waals surface area contributed by atoms with Crippen LogP contribution in [0, 0.1) is 17.8 Å². The Bertz CT molecular complexity index is 2880. The molecule has 6 atom stereocenters. The number of aliphatic hydroxyl groups excluding tert-OH is 2. The van der Waals surface area contributed by atoms with Gasteiger partial charge in [0.1, 0.15) is 28.8 Å². The monoisotopic (exact) mass is 935 g/mol. The lowest BCUT2D eigenvalue weighted by molar-refractivity contribution is -0.251. The van der Waals surface area contributed by atoms with Crippen LogP contribution in [0.4, 0.5) is 0 Å². The molecule has 5 aromatic carbocycles. The summed E-state index contributed by atoms with van der Waals surface area (Å²) in [7, 11) is -4.31. The van der Waals surface area contributed by atoms with Gasteiger partial charge in [-0.1, -0.05) is 116 Å². The lowest BCUT2D eigenvalue weighted by atomic mass is 9.55. The Hall–Kier alpha value is -5.89. The van der Waals surface area contributed by atoms with Gasteiger partial charge >= 0.3 is 0 Å². The number of hydrogen-bond acceptors (Lipinski definition) is 10. The van der Waals surface area contributed by atoms with Gasteiger partial charge in [-0.2, -0.15) is 4.31 Å². The number of pyridine rings is 1. The highest BCUT2D eigenvalue weighted by Gasteiger charge is 2.66. The van der Waals surface area contributed by atoms with E-state index in [2.05, 4.69) is 41.9 Å². The third-order valence-electron chi connectivity index (χ3n) is 13.8. The van der Waals surface area contributed by atoms with Crippen LogP contribution < -0.4 is 9.47 Å². The second-order valence-corrected chi connectivity index (χ2v) is 19.9. The highest BCUT2D eigenvalue weighted by Crippen LogP contribution is 2.62. The third kappa shape index (κ3) is 9.45. The number of ether oxygens (including phenoxy) is 3. The van der Waals surface area contributed by atoms with Gasteiger partial charge in [0, 0.05) is 49.2 Å². The molecule has 68 heavy (non-hydrogen) atoms. The fraction of sp³-hybridized carbons (Fsp3) is 0.357. The number of benzene rings is 5. The molecule has 1 aromatic heterocycles. The van der Waals surface area contributed by atoms with Crippen molar-refractivity contribution >= 4 is 37.4 Å². The first-order valence-electron chi connectivity index (χ1n) is 24.1. The zero-order chi connectivity index (χ0) is 47.1. The van der Waals surface area contributed by atoms with Crippen molar-refractivity contribution in [1.82, 2.24) is 9.29 Å². The molecule has 2 heterocycles. The van der Waals surface area contributed by atoms with Crippen LogP contribution in [0.3, 0.4) is 0 Å². The van der Waals surface area contributed by atoms with Crippen LogP contribution in [0.5, 0.6) is 17.2 Å². The maximum absolute atomic E-state index is 15.7. The van der Waals surface area contributed by atoms with Crippen molar-refractivity contribution in [1.29, 1.82) is 0 Å². The van der Waals surface area contributed by atoms with Crippen molar-refractivity contribution < 1.29 is 37.7 Å². The Balaban J connectivity index is 1.26. The lowest BCUT2D eigenvalue weighted by Gasteiger charge is -2.59. The van der Waals surface area contributed by atoms with Crippen molar-refractivity contribution in [2.45, 2.75) is 87.5 Å². The minimum absolute atomic E-state index is 0.0111. The molecule has 1 fully saturated rings. The second kappa shape index (κ2) is 21.2. The molecule has 12 heteroatoms. The molecule has 2 aliphatic carbocycles. The molecule has 0 saturated heterocycles. The molecule has 354 valence electrons. The normalized spacial score (nSPS) is 22.6. The second-order valence-electron chi connectivity index (χ2n) is 18.1. The number of aliphatic hydroxyl groups is 2. The summed E-state index contributed by atoms with van der Waals surface area (Å²) >= 11 is 0. The van der Waals surface area contributed by atoms with E-state index in [1.165, 1.54) is 0 Å². The van der Waals surface area contributed by atoms with Gasteiger partial charge in [-0.3, -0.25) is 4.98 Å². The Morgan fingerprint density at radius 1 is 0.853 bits per heavy atom. The van der Waals surface area contributed by atoms with Crippen LogP contribution in [-0.2, 0) is 26.2 Å². The number of unbranched alkanes of at least 4 members (excludes halogenated alkanes) is 2. The molecular weight excluding hydrogens is 875 g/mol. The maximum atomic E-state index is 15.7. The summed E-state index contributed by atoms with van der Waals surface area (Å²) in [5.41, 5.74) is 3.77. The quantitative estimate of drug-likeness (QED) is 0.0410. The molecule has 0 bridgehead atoms. The van der Waals surface area contributed by atoms with Crippen LogP contribution in [-0.4, -0.2) is 71.8 Å². The summed E-state index contributed by atoms with van der Waals surface area (Å²) < 4.78 is 54.2. The fourth-order valence-electron chi connectivity index (χ4n) is 10.9. The number of nitrogens with zero attached hydrogens (tertiary/aromatic N) is 3. The Morgan fingerprint density at radius 2 is 1.59 bits per heavy atom. The molecular formula is C56H61N3O8S. The molecule has 0 amide bonds. The number of oxime groups is 1. The number of fused-ring (bicyclic) bond motifs is 4. The van der Waals surface area contributed by atoms with E-state index < -0.39 is 27.8 Å². The van der Waals surface area contributed by atoms with Crippen molar-refractivity contribution in [2.75, 3.05) is 26.4 Å². The van der Waals surface area contributed by atoms with Gasteiger partial charge in [-0.05, 0) is 108 Å². The number of para-hydroxylation sites is 1. The summed E-state index contributed by atoms with van der Waals surface area (Å²) in [5.74, 6) is -0.541. The van der Waals surface area contributed by atoms with Crippen molar-refractivity contribution in [3.63, 3.8) is 0 Å². The Labute approximate surface area is 399 Å². The molecule has 9 rings (SSSR count). The zero-order valence-electron chi connectivity index (χ0n) is 38.7. The highest BCUT2D eigenvalue weighted by atomic mass is 32.2. The minimum Gasteiger partial charge on any atom is -0.460 e. The number of sulfonamides is 1. The number of hydrogen-bond donors (Lipinski definition) is 2. The van der Waals surface area contributed by atoms with Crippen molar-refractivity contribution in [3.05, 3.63) is 163 Å². The topological polar surface area (TPSA) is 140 Å². The summed E-state index contributed by atoms with van der Waals surface area (Å²) in [6, 6.07) is 38.0. The first kappa shape index (κ1) is 47.2. The number of aromatic nitrogens is 1. The average molecular weight is 936 g/mol. The Morgan fingerprint density at radius 3 is 2.38 bits per heavy atom. The lowest BCUT2D eigenvalue weighted by Crippen LogP contribution is -2.70. The van der Waals surface area contributed by atoms with E-state index in [0.717, 1.165) is 53.2 Å². The summed E-state index contributed by atoms with van der Waals surface area (Å²) in [6.07, 6.45) is 10.7. The van der Waals surface area contributed by atoms with E-state index in [1.807, 2.05) is 85.8 Å². The van der Waals surface area contributed by atoms with Gasteiger partial charge in [-0.15, -0.1) is 6.58 Å². The molecule has 6 aromatic rings. The van der Waals surface area contributed by atoms with Gasteiger partial charge < -0.3 is 29.3 Å². The van der Waals surface area contributed by atoms with Gasteiger partial charge in [0.25, 0.3) is 0 Å². The minimum atomic E-state index is -4.31. The summed E-state index contributed by atoms with van der Waals surface area (Å²) in [5, 5.41) is 28.0. The smallest absolute Gasteiger partial charge is 0.245 e. The standard InChI is InChI=1S/C56H61N3O8S/c1-3-30-59(68(62,63)51-24-14-21-41-22-15-29-57-55(41)51)52-37-49(58-65-38-39-16-6-5-7-17-39)47-35-43(20-10-12-31-60)46(23-11-13-32-61)53-48-36-45(66-44-26-25-40-18-8-9-19-42(40)34-44)27-28-50(48)67-56(52,54(47)53)64-33-4-2/h4-9,14-19,21-22,24-29,34-36,43,46,52-54,60-61H,2-3,10-13,20,23,30-33,37-38H2,1H3/t43-,46+,52-,53+,54+,56+/m0/s1. The van der Waals surface area contributed by atoms with Gasteiger partial charge in [0.2, 0.25) is 15.8 Å². The predicted octanol–water partition coefficient (Wildman–Crippen LogP) is 11.1. The molecule has 0 unspecified atom stereocenters. The van der Waals surface area contributed by atoms with Crippen LogP contribution in [0.1, 0.15) is 75.3 Å². The molecule has 11 nitrogen and oxygen atoms in total. The SMILES string of the molecule is C=CCO[C@@]12Oc3ccc(Oc4ccc5ccccc5c4)cc3[C@H]3[C@H](CCCCO)[C@@H](CCCCO)C=C(C(=NOCc4ccccc4)C[C@@H]1N(CCC)S(=O)(=O)c1cccc4cccnc14)[C@H]32. The molecule has 3 aliphatic rings. The van der Waals surface area contributed by atoms with Gasteiger partial charge in [0.05, 0.1) is 29.8 Å². The first-order chi connectivity index (χ1) is 33.3. The van der Waals surface area contributed by atoms with E-state index in [9.17, 15) is 10.2 Å². The largest absolute Gasteiger partial charge is 0.460 e. The maximum Gasteiger partial charge on any atom is 0.245 e. The summed E-state index contributed by atoms with van der Waals surface area (Å²) in [6.45, 7) is 6.64. The average Bonchev–Trinajstić information content (AvgIpc) is 3.36. The molecule has 1 aliphatic heterocycles. The number of allylic oxidation sites excluding steroid dienone is 1. The predicted molar refractivity (Wildman–Crippen MR) is 266 cm³/mol. The van der Waals surface area contributed by atoms with Crippen LogP contribution in [0.15, 0.2) is 162 Å². The van der Waals surface area contributed by atoms with Crippen LogP contribution in [0.2, 0.25) is 0 Å². The van der Waals surface area contributed by atoms with Crippen molar-refractivity contribution in [2.24, 2.45) is 22.9 Å². The molecule has 2 N–H and O–H groups in total. The van der Waals surface area contributed by atoms with E-state index in [4.69, 9.17) is 24.2 Å². The Kier molecular flexibility index (Phi) is 14.7. The van der Waals surface area contributed by atoms with E-state index in [-0.39, 0.29) is 62.0 Å². The third-order valence-corrected chi connectivity index (χ3v) is 15.8. The zero-order valence-corrected chi connectivity index (χ0v) is 39.5. The van der Waals surface area contributed by atoms with Crippen molar-refractivity contribution in [3.8, 4) is 17.2 Å². The number of rotatable bonds is 21. The first-order valence-corrected chi connectivity index (χ1v) is 25.5. The van der Waals surface area contributed by atoms with Crippen LogP contribution >= 0.6 is 0 Å².